The van der Waals surface area contributed by atoms with Gasteiger partial charge < -0.3 is 20.5 Å². The van der Waals surface area contributed by atoms with Crippen molar-refractivity contribution in [2.75, 3.05) is 19.1 Å². The van der Waals surface area contributed by atoms with Crippen molar-refractivity contribution in [3.63, 3.8) is 0 Å². The van der Waals surface area contributed by atoms with E-state index in [9.17, 15) is 22.0 Å². The lowest BCUT2D eigenvalue weighted by Crippen LogP contribution is -2.48. The first-order chi connectivity index (χ1) is 15.6. The van der Waals surface area contributed by atoms with Gasteiger partial charge in [-0.15, -0.1) is 0 Å². The summed E-state index contributed by atoms with van der Waals surface area (Å²) in [5.41, 5.74) is 3.78. The van der Waals surface area contributed by atoms with Gasteiger partial charge >= 0.3 is 6.18 Å². The number of nitrogens with zero attached hydrogens (tertiary/aromatic N) is 4. The number of hydrogen-bond acceptors (Lipinski definition) is 8. The van der Waals surface area contributed by atoms with Gasteiger partial charge in [0.15, 0.2) is 11.9 Å². The summed E-state index contributed by atoms with van der Waals surface area (Å²) in [7, 11) is 1.44. The van der Waals surface area contributed by atoms with Crippen molar-refractivity contribution >= 4 is 28.6 Å². The predicted molar refractivity (Wildman–Crippen MR) is 108 cm³/mol. The van der Waals surface area contributed by atoms with Crippen LogP contribution in [-0.2, 0) is 10.3 Å². The number of alkyl halides is 4. The van der Waals surface area contributed by atoms with E-state index in [1.54, 1.807) is 6.07 Å². The first kappa shape index (κ1) is 22.4. The molecular weight excluding hydrogens is 451 g/mol. The molecule has 2 unspecified atom stereocenters. The third-order valence-electron chi connectivity index (χ3n) is 5.07. The predicted octanol–water partition coefficient (Wildman–Crippen LogP) is 3.75. The maximum Gasteiger partial charge on any atom is 0.425 e. The van der Waals surface area contributed by atoms with E-state index in [0.29, 0.717) is 11.0 Å². The number of aliphatic imine (C=N–C) groups is 1. The second-order valence-electron chi connectivity index (χ2n) is 7.23. The number of anilines is 2. The number of methoxy groups -OCH3 is 1. The van der Waals surface area contributed by atoms with Crippen LogP contribution in [0.3, 0.4) is 0 Å². The largest absolute Gasteiger partial charge is 0.480 e. The van der Waals surface area contributed by atoms with Crippen molar-refractivity contribution in [1.82, 2.24) is 15.0 Å². The van der Waals surface area contributed by atoms with Crippen LogP contribution in [0.1, 0.15) is 12.0 Å². The Labute approximate surface area is 183 Å². The van der Waals surface area contributed by atoms with Gasteiger partial charge in [0.2, 0.25) is 5.88 Å². The molecule has 0 spiro atoms. The standard InChI is InChI=1S/C20H17F5N6O2/c1-32-15-8-28-16-13(30-15)4-5-27-17(16)29-10-2-3-12(22)11(6-10)19(9-21)7-14(20(23,24)25)33-18(26)31-19/h2-6,8,14H,7,9H2,1H3,(H2,26,31)(H,27,29). The SMILES string of the molecule is COc1cnc2c(Nc3ccc(F)c(C4(CF)CC(C(F)(F)F)OC(N)=N4)c3)nccc2n1. The highest BCUT2D eigenvalue weighted by molar-refractivity contribution is 5.87. The van der Waals surface area contributed by atoms with E-state index in [0.717, 1.165) is 12.1 Å². The van der Waals surface area contributed by atoms with Crippen molar-refractivity contribution in [2.24, 2.45) is 10.7 Å². The number of ether oxygens (including phenoxy) is 2. The van der Waals surface area contributed by atoms with Gasteiger partial charge in [-0.25, -0.2) is 28.7 Å². The fraction of sp³-hybridized carbons (Fsp3) is 0.300. The lowest BCUT2D eigenvalue weighted by molar-refractivity contribution is -0.209. The molecule has 0 saturated carbocycles. The summed E-state index contributed by atoms with van der Waals surface area (Å²) in [6.45, 7) is -1.43. The second kappa shape index (κ2) is 8.30. The third-order valence-corrected chi connectivity index (χ3v) is 5.07. The molecule has 0 saturated heterocycles. The van der Waals surface area contributed by atoms with Crippen LogP contribution in [-0.4, -0.2) is 47.0 Å². The number of benzene rings is 1. The number of hydrogen-bond donors (Lipinski definition) is 2. The van der Waals surface area contributed by atoms with Gasteiger partial charge in [0.1, 0.15) is 23.5 Å². The summed E-state index contributed by atoms with van der Waals surface area (Å²) in [5, 5.41) is 2.91. The zero-order valence-corrected chi connectivity index (χ0v) is 17.0. The Morgan fingerprint density at radius 2 is 2.06 bits per heavy atom. The average Bonchev–Trinajstić information content (AvgIpc) is 2.79. The molecule has 3 N–H and O–H groups in total. The molecule has 8 nitrogen and oxygen atoms in total. The van der Waals surface area contributed by atoms with E-state index in [2.05, 4.69) is 30.0 Å². The monoisotopic (exact) mass is 468 g/mol. The van der Waals surface area contributed by atoms with Gasteiger partial charge in [0, 0.05) is 23.9 Å². The molecule has 174 valence electrons. The van der Waals surface area contributed by atoms with Crippen LogP contribution in [0.4, 0.5) is 33.5 Å². The quantitative estimate of drug-likeness (QED) is 0.549. The number of rotatable bonds is 5. The zero-order chi connectivity index (χ0) is 23.8. The molecule has 0 amide bonds. The van der Waals surface area contributed by atoms with E-state index in [1.807, 2.05) is 0 Å². The number of aromatic nitrogens is 3. The minimum absolute atomic E-state index is 0.209. The average molecular weight is 468 g/mol. The van der Waals surface area contributed by atoms with E-state index in [-0.39, 0.29) is 17.4 Å². The van der Waals surface area contributed by atoms with Crippen molar-refractivity contribution in [3.05, 3.63) is 48.0 Å². The molecule has 33 heavy (non-hydrogen) atoms. The number of nitrogens with two attached hydrogens (primary N) is 1. The van der Waals surface area contributed by atoms with E-state index < -0.39 is 48.3 Å². The first-order valence-corrected chi connectivity index (χ1v) is 9.52. The van der Waals surface area contributed by atoms with Crippen molar-refractivity contribution in [1.29, 1.82) is 0 Å². The highest BCUT2D eigenvalue weighted by atomic mass is 19.4. The number of amidine groups is 1. The Balaban J connectivity index is 1.74. The minimum atomic E-state index is -4.85. The van der Waals surface area contributed by atoms with Gasteiger partial charge in [0.25, 0.3) is 6.02 Å². The molecule has 1 aromatic carbocycles. The van der Waals surface area contributed by atoms with Crippen LogP contribution >= 0.6 is 0 Å². The number of nitrogens with one attached hydrogen (secondary N) is 1. The molecule has 4 rings (SSSR count). The number of halogens is 5. The molecule has 13 heteroatoms. The molecule has 1 aliphatic rings. The van der Waals surface area contributed by atoms with Gasteiger partial charge in [-0.1, -0.05) is 0 Å². The molecule has 2 atom stereocenters. The first-order valence-electron chi connectivity index (χ1n) is 9.52. The van der Waals surface area contributed by atoms with Crippen LogP contribution in [0.25, 0.3) is 11.0 Å². The minimum Gasteiger partial charge on any atom is -0.480 e. The van der Waals surface area contributed by atoms with Gasteiger partial charge in [-0.3, -0.25) is 0 Å². The van der Waals surface area contributed by atoms with E-state index in [4.69, 9.17) is 10.5 Å². The summed E-state index contributed by atoms with van der Waals surface area (Å²) in [5.74, 6) is -0.437. The van der Waals surface area contributed by atoms with Crippen LogP contribution in [0.15, 0.2) is 41.7 Å². The molecule has 0 aliphatic carbocycles. The summed E-state index contributed by atoms with van der Waals surface area (Å²) in [6, 6.07) is 4.18. The van der Waals surface area contributed by atoms with Gasteiger partial charge in [0.05, 0.1) is 18.8 Å². The maximum atomic E-state index is 14.7. The third kappa shape index (κ3) is 4.30. The van der Waals surface area contributed by atoms with Crippen molar-refractivity contribution in [3.8, 4) is 5.88 Å². The normalized spacial score (nSPS) is 20.8. The number of fused-ring (bicyclic) bond motifs is 1. The fourth-order valence-corrected chi connectivity index (χ4v) is 3.50. The summed E-state index contributed by atoms with van der Waals surface area (Å²) in [4.78, 5) is 16.4. The Bertz CT molecular complexity index is 1220. The van der Waals surface area contributed by atoms with Gasteiger partial charge in [-0.05, 0) is 24.3 Å². The Morgan fingerprint density at radius 3 is 2.76 bits per heavy atom. The second-order valence-corrected chi connectivity index (χ2v) is 7.23. The zero-order valence-electron chi connectivity index (χ0n) is 17.0. The lowest BCUT2D eigenvalue weighted by Gasteiger charge is -2.36. The van der Waals surface area contributed by atoms with Crippen LogP contribution in [0.5, 0.6) is 5.88 Å². The topological polar surface area (TPSA) is 108 Å². The molecule has 1 aliphatic heterocycles. The van der Waals surface area contributed by atoms with Gasteiger partial charge in [-0.2, -0.15) is 13.2 Å². The summed E-state index contributed by atoms with van der Waals surface area (Å²) in [6.07, 6.45) is -5.44. The van der Waals surface area contributed by atoms with E-state index in [1.165, 1.54) is 25.6 Å². The molecule has 3 heterocycles. The Hall–Kier alpha value is -3.77. The smallest absolute Gasteiger partial charge is 0.425 e. The molecular formula is C20H17F5N6O2. The van der Waals surface area contributed by atoms with E-state index >= 15 is 0 Å². The Morgan fingerprint density at radius 1 is 1.27 bits per heavy atom. The van der Waals surface area contributed by atoms with Crippen molar-refractivity contribution in [2.45, 2.75) is 24.2 Å². The molecule has 2 aromatic heterocycles. The highest BCUT2D eigenvalue weighted by Gasteiger charge is 2.52. The molecule has 0 bridgehead atoms. The molecule has 3 aromatic rings. The highest BCUT2D eigenvalue weighted by Crippen LogP contribution is 2.42. The Kier molecular flexibility index (Phi) is 5.64. The van der Waals surface area contributed by atoms with Crippen LogP contribution in [0, 0.1) is 5.82 Å². The summed E-state index contributed by atoms with van der Waals surface area (Å²) >= 11 is 0. The molecule has 0 fully saturated rings. The fourth-order valence-electron chi connectivity index (χ4n) is 3.50. The lowest BCUT2D eigenvalue weighted by atomic mass is 9.84. The maximum absolute atomic E-state index is 14.7. The van der Waals surface area contributed by atoms with Crippen molar-refractivity contribution < 1.29 is 31.4 Å². The van der Waals surface area contributed by atoms with Crippen LogP contribution < -0.4 is 15.8 Å². The summed E-state index contributed by atoms with van der Waals surface area (Å²) < 4.78 is 78.3. The number of pyridine rings is 1. The molecule has 0 radical (unpaired) electrons. The van der Waals surface area contributed by atoms with Crippen LogP contribution in [0.2, 0.25) is 0 Å².